The van der Waals surface area contributed by atoms with Gasteiger partial charge in [0.15, 0.2) is 6.61 Å². The van der Waals surface area contributed by atoms with Crippen LogP contribution in [-0.4, -0.2) is 41.4 Å². The van der Waals surface area contributed by atoms with E-state index in [1.807, 2.05) is 43.3 Å². The first-order chi connectivity index (χ1) is 13.0. The number of carbonyl (C=O) groups excluding carboxylic acids is 2. The van der Waals surface area contributed by atoms with Crippen molar-refractivity contribution in [2.24, 2.45) is 5.92 Å². The maximum Gasteiger partial charge on any atom is 0.260 e. The van der Waals surface area contributed by atoms with E-state index < -0.39 is 0 Å². The number of rotatable bonds is 5. The van der Waals surface area contributed by atoms with Crippen LogP contribution in [0.4, 0.5) is 5.82 Å². The minimum Gasteiger partial charge on any atom is -0.484 e. The summed E-state index contributed by atoms with van der Waals surface area (Å²) in [6, 6.07) is 13.1. The molecule has 1 fully saturated rings. The molecule has 2 heterocycles. The lowest BCUT2D eigenvalue weighted by Crippen LogP contribution is -2.45. The Morgan fingerprint density at radius 2 is 2.04 bits per heavy atom. The van der Waals surface area contributed by atoms with Crippen LogP contribution in [0.3, 0.4) is 0 Å². The summed E-state index contributed by atoms with van der Waals surface area (Å²) in [7, 11) is 0. The third-order valence-electron chi connectivity index (χ3n) is 4.46. The molecular weight excluding hydrogens is 457 g/mol. The van der Waals surface area contributed by atoms with Crippen molar-refractivity contribution in [3.63, 3.8) is 0 Å². The lowest BCUT2D eigenvalue weighted by atomic mass is 9.97. The quantitative estimate of drug-likeness (QED) is 0.669. The Hall–Kier alpha value is -2.16. The number of amides is 2. The Bertz CT molecular complexity index is 810. The normalized spacial score (nSPS) is 16.7. The number of carbonyl (C=O) groups is 2. The lowest BCUT2D eigenvalue weighted by molar-refractivity contribution is -0.136. The fraction of sp³-hybridized carbons (Fsp3) is 0.350. The highest BCUT2D eigenvalue weighted by atomic mass is 127. The first-order valence-electron chi connectivity index (χ1n) is 8.92. The molecule has 1 atom stereocenters. The van der Waals surface area contributed by atoms with Gasteiger partial charge in [0.2, 0.25) is 5.91 Å². The van der Waals surface area contributed by atoms with Gasteiger partial charge in [0, 0.05) is 22.4 Å². The van der Waals surface area contributed by atoms with Crippen LogP contribution in [0.15, 0.2) is 42.5 Å². The molecule has 2 aromatic rings. The van der Waals surface area contributed by atoms with Gasteiger partial charge in [-0.3, -0.25) is 9.59 Å². The van der Waals surface area contributed by atoms with Gasteiger partial charge in [0.25, 0.3) is 5.91 Å². The van der Waals surface area contributed by atoms with Crippen LogP contribution >= 0.6 is 22.6 Å². The van der Waals surface area contributed by atoms with E-state index in [9.17, 15) is 9.59 Å². The first kappa shape index (κ1) is 19.6. The van der Waals surface area contributed by atoms with Crippen molar-refractivity contribution in [2.45, 2.75) is 19.8 Å². The van der Waals surface area contributed by atoms with Gasteiger partial charge < -0.3 is 15.0 Å². The molecule has 1 aromatic carbocycles. The first-order valence-corrected chi connectivity index (χ1v) is 10.00. The topological polar surface area (TPSA) is 71.5 Å². The Balaban J connectivity index is 1.52. The molecule has 7 heteroatoms. The molecule has 0 spiro atoms. The van der Waals surface area contributed by atoms with Crippen LogP contribution in [0.2, 0.25) is 0 Å². The van der Waals surface area contributed by atoms with Crippen molar-refractivity contribution in [3.05, 3.63) is 51.7 Å². The summed E-state index contributed by atoms with van der Waals surface area (Å²) >= 11 is 2.22. The van der Waals surface area contributed by atoms with E-state index in [1.165, 1.54) is 0 Å². The zero-order valence-corrected chi connectivity index (χ0v) is 17.3. The molecule has 142 valence electrons. The molecule has 1 N–H and O–H groups in total. The number of pyridine rings is 1. The number of likely N-dealkylation sites (tertiary alicyclic amines) is 1. The van der Waals surface area contributed by atoms with Gasteiger partial charge in [-0.2, -0.15) is 0 Å². The molecule has 3 rings (SSSR count). The number of hydrogen-bond acceptors (Lipinski definition) is 4. The van der Waals surface area contributed by atoms with Crippen molar-refractivity contribution in [2.75, 3.05) is 25.0 Å². The largest absolute Gasteiger partial charge is 0.484 e. The van der Waals surface area contributed by atoms with Gasteiger partial charge in [0.05, 0.1) is 5.92 Å². The summed E-state index contributed by atoms with van der Waals surface area (Å²) in [5.41, 5.74) is 0.848. The molecule has 0 saturated carbocycles. The highest BCUT2D eigenvalue weighted by molar-refractivity contribution is 14.1. The van der Waals surface area contributed by atoms with Crippen molar-refractivity contribution in [1.29, 1.82) is 0 Å². The predicted octanol–water partition coefficient (Wildman–Crippen LogP) is 3.25. The van der Waals surface area contributed by atoms with E-state index >= 15 is 0 Å². The molecule has 1 aliphatic rings. The number of benzene rings is 1. The maximum atomic E-state index is 12.5. The molecule has 0 bridgehead atoms. The number of anilines is 1. The SMILES string of the molecule is Cc1cccc(NC(=O)C2CCCN(C(=O)COc3ccc(I)cc3)C2)n1. The standard InChI is InChI=1S/C20H22IN3O3/c1-14-4-2-6-18(22-14)23-20(26)15-5-3-11-24(12-15)19(25)13-27-17-9-7-16(21)8-10-17/h2,4,6-10,15H,3,5,11-13H2,1H3,(H,22,23,26). The van der Waals surface area contributed by atoms with Gasteiger partial charge in [0.1, 0.15) is 11.6 Å². The van der Waals surface area contributed by atoms with Gasteiger partial charge in [-0.15, -0.1) is 0 Å². The van der Waals surface area contributed by atoms with E-state index in [4.69, 9.17) is 4.74 Å². The lowest BCUT2D eigenvalue weighted by Gasteiger charge is -2.32. The Morgan fingerprint density at radius 1 is 1.26 bits per heavy atom. The van der Waals surface area contributed by atoms with E-state index in [0.717, 1.165) is 22.1 Å². The molecule has 2 amide bonds. The summed E-state index contributed by atoms with van der Waals surface area (Å²) < 4.78 is 6.69. The highest BCUT2D eigenvalue weighted by Crippen LogP contribution is 2.19. The molecule has 1 saturated heterocycles. The number of aryl methyl sites for hydroxylation is 1. The summed E-state index contributed by atoms with van der Waals surface area (Å²) in [5.74, 6) is 0.790. The molecule has 27 heavy (non-hydrogen) atoms. The minimum atomic E-state index is -0.233. The second-order valence-corrected chi connectivity index (χ2v) is 7.82. The Morgan fingerprint density at radius 3 is 2.78 bits per heavy atom. The monoisotopic (exact) mass is 479 g/mol. The number of aromatic nitrogens is 1. The summed E-state index contributed by atoms with van der Waals surface area (Å²) in [5, 5.41) is 2.86. The van der Waals surface area contributed by atoms with Gasteiger partial charge >= 0.3 is 0 Å². The minimum absolute atomic E-state index is 0.0195. The molecule has 1 aromatic heterocycles. The van der Waals surface area contributed by atoms with Crippen LogP contribution < -0.4 is 10.1 Å². The molecule has 6 nitrogen and oxygen atoms in total. The fourth-order valence-electron chi connectivity index (χ4n) is 3.03. The Labute approximate surface area is 172 Å². The smallest absolute Gasteiger partial charge is 0.260 e. The zero-order chi connectivity index (χ0) is 19.2. The van der Waals surface area contributed by atoms with Crippen LogP contribution in [0, 0.1) is 16.4 Å². The molecule has 1 unspecified atom stereocenters. The van der Waals surface area contributed by atoms with Crippen molar-refractivity contribution < 1.29 is 14.3 Å². The van der Waals surface area contributed by atoms with E-state index in [2.05, 4.69) is 32.9 Å². The second kappa shape index (κ2) is 9.16. The zero-order valence-electron chi connectivity index (χ0n) is 15.2. The van der Waals surface area contributed by atoms with Crippen molar-refractivity contribution >= 4 is 40.2 Å². The third-order valence-corrected chi connectivity index (χ3v) is 5.18. The Kier molecular flexibility index (Phi) is 6.65. The number of nitrogens with zero attached hydrogens (tertiary/aromatic N) is 2. The van der Waals surface area contributed by atoms with Gasteiger partial charge in [-0.05, 0) is 78.8 Å². The van der Waals surface area contributed by atoms with Crippen LogP contribution in [0.1, 0.15) is 18.5 Å². The van der Waals surface area contributed by atoms with Crippen LogP contribution in [0.5, 0.6) is 5.75 Å². The van der Waals surface area contributed by atoms with E-state index in [1.54, 1.807) is 11.0 Å². The molecule has 1 aliphatic heterocycles. The number of nitrogens with one attached hydrogen (secondary N) is 1. The molecular formula is C20H22IN3O3. The van der Waals surface area contributed by atoms with E-state index in [0.29, 0.717) is 24.7 Å². The highest BCUT2D eigenvalue weighted by Gasteiger charge is 2.28. The second-order valence-electron chi connectivity index (χ2n) is 6.57. The van der Waals surface area contributed by atoms with Gasteiger partial charge in [-0.1, -0.05) is 6.07 Å². The van der Waals surface area contributed by atoms with Gasteiger partial charge in [-0.25, -0.2) is 4.98 Å². The number of piperidine rings is 1. The number of hydrogen-bond donors (Lipinski definition) is 1. The predicted molar refractivity (Wildman–Crippen MR) is 112 cm³/mol. The van der Waals surface area contributed by atoms with Crippen molar-refractivity contribution in [3.8, 4) is 5.75 Å². The molecule has 0 aliphatic carbocycles. The fourth-order valence-corrected chi connectivity index (χ4v) is 3.39. The van der Waals surface area contributed by atoms with Crippen molar-refractivity contribution in [1.82, 2.24) is 9.88 Å². The number of ether oxygens (including phenoxy) is 1. The average Bonchev–Trinajstić information content (AvgIpc) is 2.67. The third kappa shape index (κ3) is 5.66. The summed E-state index contributed by atoms with van der Waals surface area (Å²) in [6.45, 7) is 2.92. The number of halogens is 1. The van der Waals surface area contributed by atoms with Crippen LogP contribution in [-0.2, 0) is 9.59 Å². The summed E-state index contributed by atoms with van der Waals surface area (Å²) in [6.07, 6.45) is 1.56. The van der Waals surface area contributed by atoms with E-state index in [-0.39, 0.29) is 24.3 Å². The average molecular weight is 479 g/mol. The van der Waals surface area contributed by atoms with Crippen LogP contribution in [0.25, 0.3) is 0 Å². The maximum absolute atomic E-state index is 12.5. The molecule has 0 radical (unpaired) electrons. The summed E-state index contributed by atoms with van der Waals surface area (Å²) in [4.78, 5) is 31.0.